The summed E-state index contributed by atoms with van der Waals surface area (Å²) in [4.78, 5) is 9.52. The molecule has 4 rings (SSSR count). The first-order valence-electron chi connectivity index (χ1n) is 11.2. The molecule has 1 aromatic heterocycles. The van der Waals surface area contributed by atoms with Crippen molar-refractivity contribution >= 4 is 5.82 Å². The van der Waals surface area contributed by atoms with E-state index in [-0.39, 0.29) is 0 Å². The summed E-state index contributed by atoms with van der Waals surface area (Å²) in [5.41, 5.74) is 8.64. The fourth-order valence-electron chi connectivity index (χ4n) is 4.65. The second-order valence-corrected chi connectivity index (χ2v) is 8.40. The van der Waals surface area contributed by atoms with Crippen LogP contribution in [-0.2, 0) is 13.0 Å². The van der Waals surface area contributed by atoms with Crippen LogP contribution in [0.1, 0.15) is 43.2 Å². The van der Waals surface area contributed by atoms with Gasteiger partial charge in [0.1, 0.15) is 11.6 Å². The summed E-state index contributed by atoms with van der Waals surface area (Å²) >= 11 is 0. The highest BCUT2D eigenvalue weighted by Crippen LogP contribution is 2.23. The smallest absolute Gasteiger partial charge is 0.127 e. The zero-order valence-electron chi connectivity index (χ0n) is 17.4. The highest BCUT2D eigenvalue weighted by Gasteiger charge is 2.23. The van der Waals surface area contributed by atoms with Gasteiger partial charge in [0, 0.05) is 44.0 Å². The van der Waals surface area contributed by atoms with Crippen molar-refractivity contribution in [3.63, 3.8) is 0 Å². The van der Waals surface area contributed by atoms with E-state index in [2.05, 4.69) is 45.1 Å². The summed E-state index contributed by atoms with van der Waals surface area (Å²) in [6, 6.07) is 13.5. The molecule has 1 fully saturated rings. The quantitative estimate of drug-likeness (QED) is 0.841. The lowest BCUT2D eigenvalue weighted by molar-refractivity contribution is 0.114. The zero-order valence-corrected chi connectivity index (χ0v) is 17.4. The number of nitrogen functional groups attached to an aromatic ring is 1. The summed E-state index contributed by atoms with van der Waals surface area (Å²) in [6.45, 7) is 6.04. The van der Waals surface area contributed by atoms with Gasteiger partial charge in [-0.25, -0.2) is 4.98 Å². The van der Waals surface area contributed by atoms with Crippen LogP contribution in [0.4, 0.5) is 5.82 Å². The molecular formula is C24H34N4O. The number of aryl methyl sites for hydroxylation is 1. The van der Waals surface area contributed by atoms with Crippen LogP contribution in [-0.4, -0.2) is 53.6 Å². The molecule has 0 aliphatic carbocycles. The van der Waals surface area contributed by atoms with Gasteiger partial charge in [-0.3, -0.25) is 9.80 Å². The average Bonchev–Trinajstić information content (AvgIpc) is 2.75. The third-order valence-electron chi connectivity index (χ3n) is 6.32. The molecular weight excluding hydrogens is 360 g/mol. The molecule has 3 heterocycles. The average molecular weight is 395 g/mol. The number of ether oxygens (including phenoxy) is 1. The van der Waals surface area contributed by atoms with Crippen molar-refractivity contribution in [2.75, 3.05) is 38.5 Å². The van der Waals surface area contributed by atoms with E-state index in [4.69, 9.17) is 10.5 Å². The number of fused-ring (bicyclic) bond motifs is 3. The molecule has 0 radical (unpaired) electrons. The number of anilines is 1. The minimum Gasteiger partial charge on any atom is -0.494 e. The van der Waals surface area contributed by atoms with Gasteiger partial charge in [-0.2, -0.15) is 0 Å². The number of aromatic nitrogens is 1. The highest BCUT2D eigenvalue weighted by molar-refractivity contribution is 5.38. The van der Waals surface area contributed by atoms with Crippen LogP contribution < -0.4 is 10.5 Å². The molecule has 2 N–H and O–H groups in total. The third kappa shape index (κ3) is 5.71. The molecule has 2 aromatic rings. The summed E-state index contributed by atoms with van der Waals surface area (Å²) < 4.78 is 6.05. The number of hydrogen-bond donors (Lipinski definition) is 1. The van der Waals surface area contributed by atoms with Gasteiger partial charge in [-0.15, -0.1) is 0 Å². The standard InChI is InChI=1S/C24H34N4O/c25-24-21(7-4-12-26-24)19-27-13-5-17-29-23-9-3-6-20(18-23)10-11-22-8-1-2-14-28(22)16-15-27/h3-4,6-7,9,12,18,22H,1-2,5,8,10-11,13-17,19H2,(H2,25,26). The number of rotatable bonds is 2. The summed E-state index contributed by atoms with van der Waals surface area (Å²) in [6.07, 6.45) is 9.16. The summed E-state index contributed by atoms with van der Waals surface area (Å²) in [5, 5.41) is 0. The minimum atomic E-state index is 0.649. The first-order chi connectivity index (χ1) is 14.3. The third-order valence-corrected chi connectivity index (χ3v) is 6.32. The molecule has 5 nitrogen and oxygen atoms in total. The molecule has 0 saturated carbocycles. The van der Waals surface area contributed by atoms with Crippen molar-refractivity contribution < 1.29 is 4.74 Å². The molecule has 1 saturated heterocycles. The second kappa shape index (κ2) is 10.1. The Morgan fingerprint density at radius 2 is 1.97 bits per heavy atom. The number of piperidine rings is 1. The molecule has 29 heavy (non-hydrogen) atoms. The fourth-order valence-corrected chi connectivity index (χ4v) is 4.65. The zero-order chi connectivity index (χ0) is 19.9. The Kier molecular flexibility index (Phi) is 7.01. The van der Waals surface area contributed by atoms with Gasteiger partial charge in [-0.05, 0) is 62.4 Å². The van der Waals surface area contributed by atoms with E-state index in [1.807, 2.05) is 6.07 Å². The van der Waals surface area contributed by atoms with E-state index in [9.17, 15) is 0 Å². The Bertz CT molecular complexity index is 781. The lowest BCUT2D eigenvalue weighted by Gasteiger charge is -2.37. The molecule has 2 aliphatic rings. The Labute approximate surface area is 174 Å². The van der Waals surface area contributed by atoms with Gasteiger partial charge in [0.05, 0.1) is 6.61 Å². The van der Waals surface area contributed by atoms with Gasteiger partial charge in [0.25, 0.3) is 0 Å². The molecule has 0 amide bonds. The van der Waals surface area contributed by atoms with E-state index in [1.165, 1.54) is 37.8 Å². The Hall–Kier alpha value is -2.11. The van der Waals surface area contributed by atoms with Crippen molar-refractivity contribution in [1.82, 2.24) is 14.8 Å². The van der Waals surface area contributed by atoms with Gasteiger partial charge >= 0.3 is 0 Å². The van der Waals surface area contributed by atoms with Crippen molar-refractivity contribution in [3.8, 4) is 5.75 Å². The number of benzene rings is 1. The molecule has 2 bridgehead atoms. The molecule has 2 aliphatic heterocycles. The maximum atomic E-state index is 6.12. The number of pyridine rings is 1. The number of nitrogens with two attached hydrogens (primary N) is 1. The molecule has 1 aromatic carbocycles. The Morgan fingerprint density at radius 3 is 2.90 bits per heavy atom. The highest BCUT2D eigenvalue weighted by atomic mass is 16.5. The van der Waals surface area contributed by atoms with Crippen molar-refractivity contribution in [2.24, 2.45) is 0 Å². The van der Waals surface area contributed by atoms with Gasteiger partial charge in [0.2, 0.25) is 0 Å². The monoisotopic (exact) mass is 394 g/mol. The normalized spacial score (nSPS) is 22.3. The first-order valence-corrected chi connectivity index (χ1v) is 11.2. The Balaban J connectivity index is 1.48. The fraction of sp³-hybridized carbons (Fsp3) is 0.542. The predicted molar refractivity (Wildman–Crippen MR) is 118 cm³/mol. The van der Waals surface area contributed by atoms with E-state index in [1.54, 1.807) is 6.20 Å². The lowest BCUT2D eigenvalue weighted by Crippen LogP contribution is -2.44. The van der Waals surface area contributed by atoms with Crippen LogP contribution in [0.5, 0.6) is 5.75 Å². The minimum absolute atomic E-state index is 0.649. The van der Waals surface area contributed by atoms with Gasteiger partial charge in [-0.1, -0.05) is 24.6 Å². The number of hydrogen-bond acceptors (Lipinski definition) is 5. The largest absolute Gasteiger partial charge is 0.494 e. The topological polar surface area (TPSA) is 54.6 Å². The van der Waals surface area contributed by atoms with Gasteiger partial charge in [0.15, 0.2) is 0 Å². The lowest BCUT2D eigenvalue weighted by atomic mass is 9.95. The number of nitrogens with zero attached hydrogens (tertiary/aromatic N) is 3. The Morgan fingerprint density at radius 1 is 1.00 bits per heavy atom. The molecule has 5 heteroatoms. The first kappa shape index (κ1) is 20.2. The summed E-state index contributed by atoms with van der Waals surface area (Å²) in [5.74, 6) is 1.65. The predicted octanol–water partition coefficient (Wildman–Crippen LogP) is 3.74. The summed E-state index contributed by atoms with van der Waals surface area (Å²) in [7, 11) is 0. The SMILES string of the molecule is Nc1ncccc1CN1CCCOc2cccc(c2)CCC2CCCCN2CC1. The van der Waals surface area contributed by atoms with Crippen LogP contribution in [0.25, 0.3) is 0 Å². The van der Waals surface area contributed by atoms with Crippen LogP contribution in [0.15, 0.2) is 42.6 Å². The molecule has 1 unspecified atom stereocenters. The van der Waals surface area contributed by atoms with Crippen LogP contribution in [0, 0.1) is 0 Å². The van der Waals surface area contributed by atoms with E-state index in [0.29, 0.717) is 11.9 Å². The van der Waals surface area contributed by atoms with Crippen molar-refractivity contribution in [2.45, 2.75) is 51.1 Å². The van der Waals surface area contributed by atoms with Crippen LogP contribution >= 0.6 is 0 Å². The maximum Gasteiger partial charge on any atom is 0.127 e. The molecule has 156 valence electrons. The molecule has 1 atom stereocenters. The van der Waals surface area contributed by atoms with E-state index in [0.717, 1.165) is 56.9 Å². The van der Waals surface area contributed by atoms with E-state index >= 15 is 0 Å². The van der Waals surface area contributed by atoms with Crippen molar-refractivity contribution in [3.05, 3.63) is 53.7 Å². The maximum absolute atomic E-state index is 6.12. The van der Waals surface area contributed by atoms with Crippen LogP contribution in [0.2, 0.25) is 0 Å². The van der Waals surface area contributed by atoms with Crippen LogP contribution in [0.3, 0.4) is 0 Å². The van der Waals surface area contributed by atoms with Gasteiger partial charge < -0.3 is 10.5 Å². The second-order valence-electron chi connectivity index (χ2n) is 8.40. The molecule has 0 spiro atoms. The van der Waals surface area contributed by atoms with E-state index < -0.39 is 0 Å². The van der Waals surface area contributed by atoms with Crippen molar-refractivity contribution in [1.29, 1.82) is 0 Å².